The first-order chi connectivity index (χ1) is 12.2. The number of rotatable bonds is 4. The molecule has 1 saturated heterocycles. The van der Waals surface area contributed by atoms with Crippen LogP contribution in [0.2, 0.25) is 0 Å². The Kier molecular flexibility index (Phi) is 5.11. The Morgan fingerprint density at radius 2 is 2.00 bits per heavy atom. The molecule has 1 unspecified atom stereocenters. The number of pyridine rings is 1. The molecule has 1 fully saturated rings. The van der Waals surface area contributed by atoms with E-state index >= 15 is 0 Å². The lowest BCUT2D eigenvalue weighted by Gasteiger charge is -2.35. The van der Waals surface area contributed by atoms with E-state index in [0.717, 1.165) is 30.0 Å². The summed E-state index contributed by atoms with van der Waals surface area (Å²) in [5.41, 5.74) is 0.719. The number of halogens is 1. The van der Waals surface area contributed by atoms with Gasteiger partial charge in [0.15, 0.2) is 9.84 Å². The van der Waals surface area contributed by atoms with Gasteiger partial charge >= 0.3 is 0 Å². The van der Waals surface area contributed by atoms with Gasteiger partial charge in [0.25, 0.3) is 0 Å². The van der Waals surface area contributed by atoms with Crippen molar-refractivity contribution >= 4 is 19.9 Å². The number of aromatic nitrogens is 1. The van der Waals surface area contributed by atoms with Gasteiger partial charge < -0.3 is 5.32 Å². The van der Waals surface area contributed by atoms with Crippen molar-refractivity contribution in [1.82, 2.24) is 14.6 Å². The van der Waals surface area contributed by atoms with Crippen molar-refractivity contribution in [3.8, 4) is 0 Å². The van der Waals surface area contributed by atoms with Gasteiger partial charge in [-0.25, -0.2) is 21.2 Å². The molecule has 26 heavy (non-hydrogen) atoms. The van der Waals surface area contributed by atoms with Crippen LogP contribution in [0.25, 0.3) is 0 Å². The highest BCUT2D eigenvalue weighted by molar-refractivity contribution is 7.90. The van der Waals surface area contributed by atoms with E-state index in [2.05, 4.69) is 10.3 Å². The zero-order valence-electron chi connectivity index (χ0n) is 14.0. The predicted molar refractivity (Wildman–Crippen MR) is 93.2 cm³/mol. The molecule has 1 aliphatic heterocycles. The van der Waals surface area contributed by atoms with Gasteiger partial charge in [-0.3, -0.25) is 4.98 Å². The third-order valence-electron chi connectivity index (χ3n) is 4.17. The first kappa shape index (κ1) is 18.9. The molecule has 2 heterocycles. The lowest BCUT2D eigenvalue weighted by atomic mass is 10.1. The van der Waals surface area contributed by atoms with Gasteiger partial charge in [0.05, 0.1) is 10.9 Å². The number of hydrogen-bond acceptors (Lipinski definition) is 6. The Morgan fingerprint density at radius 1 is 1.23 bits per heavy atom. The van der Waals surface area contributed by atoms with Crippen LogP contribution in [0.3, 0.4) is 0 Å². The number of piperazine rings is 1. The van der Waals surface area contributed by atoms with Crippen molar-refractivity contribution in [2.75, 3.05) is 25.9 Å². The van der Waals surface area contributed by atoms with E-state index in [-0.39, 0.29) is 11.4 Å². The quantitative estimate of drug-likeness (QED) is 0.823. The van der Waals surface area contributed by atoms with Crippen LogP contribution >= 0.6 is 0 Å². The lowest BCUT2D eigenvalue weighted by Crippen LogP contribution is -2.48. The summed E-state index contributed by atoms with van der Waals surface area (Å²) in [5, 5.41) is 3.14. The van der Waals surface area contributed by atoms with Crippen LogP contribution in [0.5, 0.6) is 0 Å². The number of nitrogens with one attached hydrogen (secondary N) is 1. The molecular formula is C16H18FN3O4S2. The highest BCUT2D eigenvalue weighted by Gasteiger charge is 2.35. The van der Waals surface area contributed by atoms with E-state index in [9.17, 15) is 21.2 Å². The molecule has 1 aliphatic rings. The minimum Gasteiger partial charge on any atom is -0.313 e. The molecule has 0 spiro atoms. The molecule has 1 atom stereocenters. The highest BCUT2D eigenvalue weighted by atomic mass is 32.2. The summed E-state index contributed by atoms with van der Waals surface area (Å²) in [6.45, 7) is 1.06. The van der Waals surface area contributed by atoms with Crippen LogP contribution in [0.4, 0.5) is 4.39 Å². The SMILES string of the molecule is CS(=O)(=O)c1ccc(S(=O)(=O)N2CCNCC2c2cccnc2)cc1F. The van der Waals surface area contributed by atoms with Crippen LogP contribution in [-0.2, 0) is 19.9 Å². The first-order valence-electron chi connectivity index (χ1n) is 7.83. The van der Waals surface area contributed by atoms with Gasteiger partial charge in [-0.1, -0.05) is 6.07 Å². The van der Waals surface area contributed by atoms with Crippen LogP contribution in [0.1, 0.15) is 11.6 Å². The Hall–Kier alpha value is -1.88. The standard InChI is InChI=1S/C16H18FN3O4S2/c1-25(21,22)16-5-4-13(9-14(16)17)26(23,24)20-8-7-19-11-15(20)12-3-2-6-18-10-12/h2-6,9-10,15,19H,7-8,11H2,1H3. The van der Waals surface area contributed by atoms with Gasteiger partial charge in [-0.05, 0) is 29.8 Å². The van der Waals surface area contributed by atoms with Crippen molar-refractivity contribution < 1.29 is 21.2 Å². The second kappa shape index (κ2) is 7.03. The molecule has 10 heteroatoms. The summed E-state index contributed by atoms with van der Waals surface area (Å²) >= 11 is 0. The van der Waals surface area contributed by atoms with Crippen molar-refractivity contribution in [2.45, 2.75) is 15.8 Å². The average molecular weight is 399 g/mol. The molecule has 0 bridgehead atoms. The Morgan fingerprint density at radius 3 is 2.62 bits per heavy atom. The van der Waals surface area contributed by atoms with Gasteiger partial charge in [0.2, 0.25) is 10.0 Å². The predicted octanol–water partition coefficient (Wildman–Crippen LogP) is 0.959. The van der Waals surface area contributed by atoms with Crippen molar-refractivity contribution in [1.29, 1.82) is 0 Å². The second-order valence-corrected chi connectivity index (χ2v) is 9.86. The number of benzene rings is 1. The number of sulfonamides is 1. The molecule has 0 saturated carbocycles. The van der Waals surface area contributed by atoms with Crippen LogP contribution < -0.4 is 5.32 Å². The summed E-state index contributed by atoms with van der Waals surface area (Å²) < 4.78 is 64.6. The molecule has 0 radical (unpaired) electrons. The molecular weight excluding hydrogens is 381 g/mol. The zero-order valence-corrected chi connectivity index (χ0v) is 15.6. The van der Waals surface area contributed by atoms with Gasteiger partial charge in [0, 0.05) is 38.3 Å². The minimum atomic E-state index is -4.01. The highest BCUT2D eigenvalue weighted by Crippen LogP contribution is 2.29. The maximum atomic E-state index is 14.2. The number of hydrogen-bond donors (Lipinski definition) is 1. The molecule has 1 N–H and O–H groups in total. The zero-order chi connectivity index (χ0) is 18.9. The number of nitrogens with zero attached hydrogens (tertiary/aromatic N) is 2. The minimum absolute atomic E-state index is 0.206. The summed E-state index contributed by atoms with van der Waals surface area (Å²) in [4.78, 5) is 3.22. The maximum absolute atomic E-state index is 14.2. The monoisotopic (exact) mass is 399 g/mol. The smallest absolute Gasteiger partial charge is 0.243 e. The third-order valence-corrected chi connectivity index (χ3v) is 7.21. The molecule has 7 nitrogen and oxygen atoms in total. The van der Waals surface area contributed by atoms with Crippen LogP contribution in [0.15, 0.2) is 52.5 Å². The summed E-state index contributed by atoms with van der Waals surface area (Å²) in [5.74, 6) is -1.08. The second-order valence-electron chi connectivity index (χ2n) is 5.99. The summed E-state index contributed by atoms with van der Waals surface area (Å²) in [7, 11) is -7.79. The Labute approximate surface area is 151 Å². The van der Waals surface area contributed by atoms with E-state index in [1.165, 1.54) is 4.31 Å². The van der Waals surface area contributed by atoms with E-state index in [1.807, 2.05) is 0 Å². The van der Waals surface area contributed by atoms with E-state index in [0.29, 0.717) is 13.1 Å². The summed E-state index contributed by atoms with van der Waals surface area (Å²) in [6.07, 6.45) is 4.06. The lowest BCUT2D eigenvalue weighted by molar-refractivity contribution is 0.271. The topological polar surface area (TPSA) is 96.4 Å². The molecule has 3 rings (SSSR count). The van der Waals surface area contributed by atoms with Gasteiger partial charge in [0.1, 0.15) is 10.7 Å². The van der Waals surface area contributed by atoms with Crippen LogP contribution in [-0.4, -0.2) is 52.0 Å². The third kappa shape index (κ3) is 3.63. The van der Waals surface area contributed by atoms with E-state index in [4.69, 9.17) is 0 Å². The Bertz CT molecular complexity index is 1010. The fraction of sp³-hybridized carbons (Fsp3) is 0.312. The van der Waals surface area contributed by atoms with E-state index in [1.54, 1.807) is 24.5 Å². The Balaban J connectivity index is 2.02. The number of sulfone groups is 1. The molecule has 2 aromatic rings. The van der Waals surface area contributed by atoms with Crippen molar-refractivity contribution in [3.63, 3.8) is 0 Å². The van der Waals surface area contributed by atoms with Crippen molar-refractivity contribution in [2.24, 2.45) is 0 Å². The molecule has 1 aromatic carbocycles. The van der Waals surface area contributed by atoms with Gasteiger partial charge in [-0.2, -0.15) is 4.31 Å². The molecule has 0 amide bonds. The average Bonchev–Trinajstić information content (AvgIpc) is 2.61. The first-order valence-corrected chi connectivity index (χ1v) is 11.2. The molecule has 1 aromatic heterocycles. The largest absolute Gasteiger partial charge is 0.313 e. The van der Waals surface area contributed by atoms with E-state index < -0.39 is 36.6 Å². The fourth-order valence-electron chi connectivity index (χ4n) is 2.91. The molecule has 0 aliphatic carbocycles. The van der Waals surface area contributed by atoms with Gasteiger partial charge in [-0.15, -0.1) is 0 Å². The summed E-state index contributed by atoms with van der Waals surface area (Å²) in [6, 6.07) is 5.87. The maximum Gasteiger partial charge on any atom is 0.243 e. The van der Waals surface area contributed by atoms with Crippen molar-refractivity contribution in [3.05, 3.63) is 54.1 Å². The fourth-order valence-corrected chi connectivity index (χ4v) is 5.26. The van der Waals surface area contributed by atoms with Crippen LogP contribution in [0, 0.1) is 5.82 Å². The normalized spacial score (nSPS) is 19.4. The molecule has 140 valence electrons.